The summed E-state index contributed by atoms with van der Waals surface area (Å²) in [5.41, 5.74) is 6.39. The predicted molar refractivity (Wildman–Crippen MR) is 70.7 cm³/mol. The highest BCUT2D eigenvalue weighted by Crippen LogP contribution is 2.35. The fraction of sp³-hybridized carbons (Fsp3) is 0. The Labute approximate surface area is 115 Å². The lowest BCUT2D eigenvalue weighted by molar-refractivity contribution is 0.891. The minimum absolute atomic E-state index is 0.284. The summed E-state index contributed by atoms with van der Waals surface area (Å²) in [6.45, 7) is 0. The third-order valence-electron chi connectivity index (χ3n) is 2.00. The maximum absolute atomic E-state index is 6.07. The lowest BCUT2D eigenvalue weighted by Gasteiger charge is -2.08. The Morgan fingerprint density at radius 3 is 2.44 bits per heavy atom. The van der Waals surface area contributed by atoms with Crippen LogP contribution in [0.5, 0.6) is 0 Å². The molecule has 1 aromatic carbocycles. The van der Waals surface area contributed by atoms with Gasteiger partial charge in [0.25, 0.3) is 0 Å². The third-order valence-corrected chi connectivity index (χ3v) is 3.90. The molecule has 84 valence electrons. The number of anilines is 1. The first-order valence-electron chi connectivity index (χ1n) is 4.15. The van der Waals surface area contributed by atoms with Crippen molar-refractivity contribution in [3.8, 4) is 5.69 Å². The van der Waals surface area contributed by atoms with E-state index in [0.29, 0.717) is 26.0 Å². The van der Waals surface area contributed by atoms with Crippen molar-refractivity contribution in [2.24, 2.45) is 0 Å². The van der Waals surface area contributed by atoms with Crippen LogP contribution in [0.15, 0.2) is 22.8 Å². The van der Waals surface area contributed by atoms with Crippen molar-refractivity contribution in [3.05, 3.63) is 37.9 Å². The summed E-state index contributed by atoms with van der Waals surface area (Å²) in [6, 6.07) is 3.34. The average molecular weight is 341 g/mol. The molecule has 0 radical (unpaired) electrons. The van der Waals surface area contributed by atoms with Crippen molar-refractivity contribution < 1.29 is 0 Å². The first-order valence-corrected chi connectivity index (χ1v) is 6.08. The second-order valence-corrected chi connectivity index (χ2v) is 5.00. The molecule has 0 aliphatic heterocycles. The molecule has 3 nitrogen and oxygen atoms in total. The fourth-order valence-corrected chi connectivity index (χ4v) is 2.08. The highest BCUT2D eigenvalue weighted by atomic mass is 79.9. The molecule has 0 amide bonds. The standard InChI is InChI=1S/C9H5BrCl3N3/c10-4-3-15-16(9(4)14)6-2-1-5(11)7(12)8(6)13/h1-3H,14H2. The average Bonchev–Trinajstić information content (AvgIpc) is 2.58. The number of nitrogens with zero attached hydrogens (tertiary/aromatic N) is 2. The Morgan fingerprint density at radius 2 is 1.88 bits per heavy atom. The number of nitrogens with two attached hydrogens (primary N) is 1. The summed E-state index contributed by atoms with van der Waals surface area (Å²) in [5, 5.41) is 5.07. The maximum Gasteiger partial charge on any atom is 0.141 e. The summed E-state index contributed by atoms with van der Waals surface area (Å²) < 4.78 is 2.17. The van der Waals surface area contributed by atoms with Crippen LogP contribution in [-0.4, -0.2) is 9.78 Å². The van der Waals surface area contributed by atoms with Crippen LogP contribution in [0.25, 0.3) is 5.69 Å². The van der Waals surface area contributed by atoms with Gasteiger partial charge in [0.2, 0.25) is 0 Å². The monoisotopic (exact) mass is 339 g/mol. The van der Waals surface area contributed by atoms with E-state index in [0.717, 1.165) is 0 Å². The van der Waals surface area contributed by atoms with E-state index in [9.17, 15) is 0 Å². The molecular formula is C9H5BrCl3N3. The zero-order valence-electron chi connectivity index (χ0n) is 7.72. The molecule has 0 unspecified atom stereocenters. The third kappa shape index (κ3) is 1.91. The van der Waals surface area contributed by atoms with Gasteiger partial charge in [-0.25, -0.2) is 4.68 Å². The molecule has 0 saturated heterocycles. The highest BCUT2D eigenvalue weighted by molar-refractivity contribution is 9.10. The fourth-order valence-electron chi connectivity index (χ4n) is 1.21. The van der Waals surface area contributed by atoms with E-state index < -0.39 is 0 Å². The Kier molecular flexibility index (Phi) is 3.35. The molecule has 2 N–H and O–H groups in total. The number of halogens is 4. The van der Waals surface area contributed by atoms with Gasteiger partial charge in [0.05, 0.1) is 31.4 Å². The summed E-state index contributed by atoms with van der Waals surface area (Å²) in [7, 11) is 0. The number of aromatic nitrogens is 2. The first-order chi connectivity index (χ1) is 7.52. The second kappa shape index (κ2) is 4.45. The van der Waals surface area contributed by atoms with Gasteiger partial charge >= 0.3 is 0 Å². The van der Waals surface area contributed by atoms with Crippen molar-refractivity contribution in [1.29, 1.82) is 0 Å². The van der Waals surface area contributed by atoms with Crippen LogP contribution in [0.1, 0.15) is 0 Å². The maximum atomic E-state index is 6.07. The van der Waals surface area contributed by atoms with Crippen LogP contribution >= 0.6 is 50.7 Å². The second-order valence-electron chi connectivity index (χ2n) is 2.98. The molecular weight excluding hydrogens is 336 g/mol. The van der Waals surface area contributed by atoms with Crippen molar-refractivity contribution in [2.45, 2.75) is 0 Å². The van der Waals surface area contributed by atoms with Gasteiger partial charge in [0.15, 0.2) is 0 Å². The van der Waals surface area contributed by atoms with Crippen molar-refractivity contribution in [1.82, 2.24) is 9.78 Å². The van der Waals surface area contributed by atoms with Crippen molar-refractivity contribution >= 4 is 56.6 Å². The zero-order chi connectivity index (χ0) is 11.9. The molecule has 0 atom stereocenters. The van der Waals surface area contributed by atoms with Gasteiger partial charge in [-0.05, 0) is 28.1 Å². The minimum atomic E-state index is 0.284. The first kappa shape index (κ1) is 12.0. The Hall–Kier alpha value is -0.420. The molecule has 7 heteroatoms. The number of rotatable bonds is 1. The summed E-state index contributed by atoms with van der Waals surface area (Å²) in [4.78, 5) is 0. The van der Waals surface area contributed by atoms with Gasteiger partial charge in [0.1, 0.15) is 5.82 Å². The number of nitrogen functional groups attached to an aromatic ring is 1. The normalized spacial score (nSPS) is 10.8. The molecule has 0 spiro atoms. The van der Waals surface area contributed by atoms with Crippen LogP contribution < -0.4 is 5.73 Å². The van der Waals surface area contributed by atoms with Crippen molar-refractivity contribution in [2.75, 3.05) is 5.73 Å². The lowest BCUT2D eigenvalue weighted by Crippen LogP contribution is -2.02. The predicted octanol–water partition coefficient (Wildman–Crippen LogP) is 4.18. The molecule has 2 aromatic rings. The molecule has 0 bridgehead atoms. The van der Waals surface area contributed by atoms with Crippen LogP contribution in [-0.2, 0) is 0 Å². The quantitative estimate of drug-likeness (QED) is 0.791. The number of benzene rings is 1. The van der Waals surface area contributed by atoms with E-state index in [1.165, 1.54) is 4.68 Å². The van der Waals surface area contributed by atoms with Crippen LogP contribution in [0.4, 0.5) is 5.82 Å². The number of hydrogen-bond acceptors (Lipinski definition) is 2. The summed E-state index contributed by atoms with van der Waals surface area (Å²) in [5.74, 6) is 0.445. The molecule has 0 fully saturated rings. The lowest BCUT2D eigenvalue weighted by atomic mass is 10.3. The molecule has 2 rings (SSSR count). The van der Waals surface area contributed by atoms with Gasteiger partial charge in [0, 0.05) is 0 Å². The van der Waals surface area contributed by atoms with Gasteiger partial charge in [-0.1, -0.05) is 34.8 Å². The molecule has 1 aromatic heterocycles. The molecule has 16 heavy (non-hydrogen) atoms. The van der Waals surface area contributed by atoms with Gasteiger partial charge < -0.3 is 5.73 Å². The van der Waals surface area contributed by atoms with E-state index in [2.05, 4.69) is 21.0 Å². The van der Waals surface area contributed by atoms with Gasteiger partial charge in [-0.2, -0.15) is 5.10 Å². The van der Waals surface area contributed by atoms with Crippen LogP contribution in [0.3, 0.4) is 0 Å². The molecule has 1 heterocycles. The van der Waals surface area contributed by atoms with E-state index in [1.54, 1.807) is 18.3 Å². The molecule has 0 saturated carbocycles. The molecule has 0 aliphatic carbocycles. The zero-order valence-corrected chi connectivity index (χ0v) is 11.6. The molecule has 0 aliphatic rings. The van der Waals surface area contributed by atoms with Crippen molar-refractivity contribution in [3.63, 3.8) is 0 Å². The topological polar surface area (TPSA) is 43.8 Å². The highest BCUT2D eigenvalue weighted by Gasteiger charge is 2.14. The smallest absolute Gasteiger partial charge is 0.141 e. The summed E-state index contributed by atoms with van der Waals surface area (Å²) in [6.07, 6.45) is 1.58. The largest absolute Gasteiger partial charge is 0.383 e. The SMILES string of the molecule is Nc1c(Br)cnn1-c1ccc(Cl)c(Cl)c1Cl. The number of hydrogen-bond donors (Lipinski definition) is 1. The van der Waals surface area contributed by atoms with E-state index >= 15 is 0 Å². The van der Waals surface area contributed by atoms with Crippen LogP contribution in [0, 0.1) is 0 Å². The Morgan fingerprint density at radius 1 is 1.19 bits per heavy atom. The summed E-state index contributed by atoms with van der Waals surface area (Å²) >= 11 is 21.1. The van der Waals surface area contributed by atoms with Crippen LogP contribution in [0.2, 0.25) is 15.1 Å². The Bertz CT molecular complexity index is 553. The van der Waals surface area contributed by atoms with Gasteiger partial charge in [-0.15, -0.1) is 0 Å². The minimum Gasteiger partial charge on any atom is -0.383 e. The van der Waals surface area contributed by atoms with E-state index in [4.69, 9.17) is 40.5 Å². The van der Waals surface area contributed by atoms with Gasteiger partial charge in [-0.3, -0.25) is 0 Å². The van der Waals surface area contributed by atoms with E-state index in [-0.39, 0.29) is 5.02 Å². The Balaban J connectivity index is 2.66. The van der Waals surface area contributed by atoms with E-state index in [1.807, 2.05) is 0 Å².